The maximum Gasteiger partial charge on any atom is 0.315 e. The van der Waals surface area contributed by atoms with Gasteiger partial charge in [-0.1, -0.05) is 6.92 Å². The third-order valence-electron chi connectivity index (χ3n) is 3.73. The van der Waals surface area contributed by atoms with Crippen molar-refractivity contribution in [3.05, 3.63) is 0 Å². The van der Waals surface area contributed by atoms with Gasteiger partial charge in [-0.2, -0.15) is 0 Å². The van der Waals surface area contributed by atoms with E-state index in [0.717, 1.165) is 0 Å². The number of carboxylic acids is 1. The summed E-state index contributed by atoms with van der Waals surface area (Å²) in [5.74, 6) is -1.12. The first kappa shape index (κ1) is 19.2. The van der Waals surface area contributed by atoms with Crippen molar-refractivity contribution in [2.75, 3.05) is 19.6 Å². The molecule has 122 valence electrons. The second-order valence-corrected chi connectivity index (χ2v) is 5.28. The molecule has 0 aliphatic heterocycles. The van der Waals surface area contributed by atoms with E-state index in [0.29, 0.717) is 19.5 Å². The van der Waals surface area contributed by atoms with Gasteiger partial charge in [-0.15, -0.1) is 0 Å². The van der Waals surface area contributed by atoms with Crippen molar-refractivity contribution < 1.29 is 19.5 Å². The molecule has 0 rings (SSSR count). The molecule has 0 aromatic heterocycles. The lowest BCUT2D eigenvalue weighted by Crippen LogP contribution is -2.51. The van der Waals surface area contributed by atoms with Gasteiger partial charge in [0.2, 0.25) is 5.91 Å². The number of hydrogen-bond donors (Lipinski definition) is 3. The highest BCUT2D eigenvalue weighted by Crippen LogP contribution is 2.19. The number of carbonyl (C=O) groups excluding carboxylic acids is 2. The van der Waals surface area contributed by atoms with Crippen LogP contribution in [0.5, 0.6) is 0 Å². The molecule has 0 aromatic rings. The maximum atomic E-state index is 12.0. The van der Waals surface area contributed by atoms with Crippen LogP contribution in [0.3, 0.4) is 0 Å². The van der Waals surface area contributed by atoms with E-state index < -0.39 is 23.5 Å². The molecule has 2 atom stereocenters. The topological polar surface area (TPSA) is 98.7 Å². The first-order valence-corrected chi connectivity index (χ1v) is 7.28. The number of nitrogens with zero attached hydrogens (tertiary/aromatic N) is 1. The number of amides is 3. The highest BCUT2D eigenvalue weighted by Gasteiger charge is 2.31. The second-order valence-electron chi connectivity index (χ2n) is 5.28. The van der Waals surface area contributed by atoms with Crippen LogP contribution in [-0.4, -0.2) is 53.6 Å². The summed E-state index contributed by atoms with van der Waals surface area (Å²) in [5.41, 5.74) is -1.01. The Bertz CT molecular complexity index is 382. The van der Waals surface area contributed by atoms with Gasteiger partial charge in [-0.25, -0.2) is 4.79 Å². The van der Waals surface area contributed by atoms with Gasteiger partial charge in [0.25, 0.3) is 0 Å². The van der Waals surface area contributed by atoms with Gasteiger partial charge < -0.3 is 20.6 Å². The number of nitrogens with one attached hydrogen (secondary N) is 2. The normalized spacial score (nSPS) is 14.7. The number of carbonyl (C=O) groups is 3. The Hall–Kier alpha value is -1.79. The van der Waals surface area contributed by atoms with E-state index in [2.05, 4.69) is 10.6 Å². The fraction of sp³-hybridized carbons (Fsp3) is 0.786. The molecule has 7 heteroatoms. The average molecular weight is 301 g/mol. The lowest BCUT2D eigenvalue weighted by molar-refractivity contribution is -0.147. The summed E-state index contributed by atoms with van der Waals surface area (Å²) < 4.78 is 0. The summed E-state index contributed by atoms with van der Waals surface area (Å²) in [4.78, 5) is 36.5. The lowest BCUT2D eigenvalue weighted by atomic mass is 9.88. The smallest absolute Gasteiger partial charge is 0.315 e. The van der Waals surface area contributed by atoms with Crippen LogP contribution >= 0.6 is 0 Å². The molecule has 0 spiro atoms. The second kappa shape index (κ2) is 8.49. The molecule has 0 bridgehead atoms. The van der Waals surface area contributed by atoms with E-state index in [-0.39, 0.29) is 12.5 Å². The van der Waals surface area contributed by atoms with Gasteiger partial charge in [0.05, 0.1) is 5.41 Å². The zero-order valence-corrected chi connectivity index (χ0v) is 13.5. The quantitative estimate of drug-likeness (QED) is 0.624. The SMILES string of the molecule is CCN(CC)C(=O)C(C)NC(=O)NCC(C)(CC)C(=O)O. The minimum absolute atomic E-state index is 0.0108. The first-order chi connectivity index (χ1) is 9.71. The van der Waals surface area contributed by atoms with Crippen molar-refractivity contribution in [1.29, 1.82) is 0 Å². The fourth-order valence-corrected chi connectivity index (χ4v) is 1.75. The Morgan fingerprint density at radius 3 is 2.10 bits per heavy atom. The van der Waals surface area contributed by atoms with Crippen LogP contribution < -0.4 is 10.6 Å². The Morgan fingerprint density at radius 2 is 1.71 bits per heavy atom. The molecule has 0 saturated heterocycles. The third kappa shape index (κ3) is 5.61. The van der Waals surface area contributed by atoms with Crippen molar-refractivity contribution in [2.24, 2.45) is 5.41 Å². The van der Waals surface area contributed by atoms with Crippen LogP contribution in [0, 0.1) is 5.41 Å². The summed E-state index contributed by atoms with van der Waals surface area (Å²) >= 11 is 0. The van der Waals surface area contributed by atoms with E-state index in [1.165, 1.54) is 0 Å². The highest BCUT2D eigenvalue weighted by molar-refractivity contribution is 5.87. The molecule has 3 N–H and O–H groups in total. The predicted octanol–water partition coefficient (Wildman–Crippen LogP) is 1.04. The van der Waals surface area contributed by atoms with Gasteiger partial charge in [0.1, 0.15) is 6.04 Å². The van der Waals surface area contributed by atoms with Crippen molar-refractivity contribution >= 4 is 17.9 Å². The number of aliphatic carboxylic acids is 1. The summed E-state index contributed by atoms with van der Waals surface area (Å²) in [5, 5.41) is 14.2. The summed E-state index contributed by atoms with van der Waals surface area (Å²) in [6, 6.07) is -1.19. The number of urea groups is 1. The zero-order valence-electron chi connectivity index (χ0n) is 13.5. The van der Waals surface area contributed by atoms with Gasteiger partial charge in [0, 0.05) is 19.6 Å². The molecule has 2 unspecified atom stereocenters. The molecule has 0 aromatic carbocycles. The van der Waals surface area contributed by atoms with Gasteiger partial charge in [-0.3, -0.25) is 9.59 Å². The van der Waals surface area contributed by atoms with Crippen molar-refractivity contribution in [3.63, 3.8) is 0 Å². The van der Waals surface area contributed by atoms with Crippen molar-refractivity contribution in [1.82, 2.24) is 15.5 Å². The Labute approximate surface area is 126 Å². The molecule has 0 aliphatic rings. The minimum atomic E-state index is -1.01. The zero-order chi connectivity index (χ0) is 16.6. The molecule has 0 aliphatic carbocycles. The molecule has 3 amide bonds. The van der Waals surface area contributed by atoms with Gasteiger partial charge in [0.15, 0.2) is 0 Å². The van der Waals surface area contributed by atoms with Crippen molar-refractivity contribution in [3.8, 4) is 0 Å². The molecule has 0 heterocycles. The van der Waals surface area contributed by atoms with Gasteiger partial charge >= 0.3 is 12.0 Å². The maximum absolute atomic E-state index is 12.0. The number of carboxylic acid groups (broad SMARTS) is 1. The predicted molar refractivity (Wildman–Crippen MR) is 80.0 cm³/mol. The van der Waals surface area contributed by atoms with E-state index in [1.54, 1.807) is 25.7 Å². The number of likely N-dealkylation sites (N-methyl/N-ethyl adjacent to an activating group) is 1. The summed E-state index contributed by atoms with van der Waals surface area (Å²) in [6.07, 6.45) is 0.399. The third-order valence-corrected chi connectivity index (χ3v) is 3.73. The Morgan fingerprint density at radius 1 is 1.19 bits per heavy atom. The average Bonchev–Trinajstić information content (AvgIpc) is 2.45. The molecule has 0 fully saturated rings. The van der Waals surface area contributed by atoms with Crippen molar-refractivity contribution in [2.45, 2.75) is 47.1 Å². The fourth-order valence-electron chi connectivity index (χ4n) is 1.75. The molecule has 7 nitrogen and oxygen atoms in total. The van der Waals surface area contributed by atoms with E-state index in [1.807, 2.05) is 13.8 Å². The van der Waals surface area contributed by atoms with Gasteiger partial charge in [-0.05, 0) is 34.1 Å². The Balaban J connectivity index is 4.44. The summed E-state index contributed by atoms with van der Waals surface area (Å²) in [6.45, 7) is 9.83. The van der Waals surface area contributed by atoms with Crippen LogP contribution in [-0.2, 0) is 9.59 Å². The van der Waals surface area contributed by atoms with Crippen LogP contribution in [0.1, 0.15) is 41.0 Å². The summed E-state index contributed by atoms with van der Waals surface area (Å²) in [7, 11) is 0. The minimum Gasteiger partial charge on any atom is -0.481 e. The van der Waals surface area contributed by atoms with E-state index in [9.17, 15) is 14.4 Å². The molecular formula is C14H27N3O4. The largest absolute Gasteiger partial charge is 0.481 e. The molecular weight excluding hydrogens is 274 g/mol. The molecule has 0 saturated carbocycles. The molecule has 21 heavy (non-hydrogen) atoms. The van der Waals surface area contributed by atoms with Crippen LogP contribution in [0.2, 0.25) is 0 Å². The standard InChI is InChI=1S/C14H27N3O4/c1-6-14(5,12(19)20)9-15-13(21)16-10(4)11(18)17(7-2)8-3/h10H,6-9H2,1-5H3,(H,19,20)(H2,15,16,21). The number of hydrogen-bond acceptors (Lipinski definition) is 3. The van der Waals surface area contributed by atoms with Crippen LogP contribution in [0.15, 0.2) is 0 Å². The highest BCUT2D eigenvalue weighted by atomic mass is 16.4. The van der Waals surface area contributed by atoms with E-state index >= 15 is 0 Å². The molecule has 0 radical (unpaired) electrons. The Kier molecular flexibility index (Phi) is 7.76. The first-order valence-electron chi connectivity index (χ1n) is 7.28. The van der Waals surface area contributed by atoms with Crippen LogP contribution in [0.4, 0.5) is 4.79 Å². The monoisotopic (exact) mass is 301 g/mol. The lowest BCUT2D eigenvalue weighted by Gasteiger charge is -2.25. The van der Waals surface area contributed by atoms with E-state index in [4.69, 9.17) is 5.11 Å². The van der Waals surface area contributed by atoms with Crippen LogP contribution in [0.25, 0.3) is 0 Å². The number of rotatable bonds is 8.